The molecular weight excluding hydrogens is 350 g/mol. The van der Waals surface area contributed by atoms with Gasteiger partial charge >= 0.3 is 0 Å². The van der Waals surface area contributed by atoms with E-state index in [1.54, 1.807) is 24.1 Å². The van der Waals surface area contributed by atoms with Gasteiger partial charge < -0.3 is 14.7 Å². The standard InChI is InChI=1S/C24H21NO3/c1-28-20-13-8-17(9-14-20)10-15-23-21-4-2-3-5-22(21)24(27)25(23)16-18-6-11-19(26)12-7-18/h2-9,11-15,26H,10,16H2,1H3/b23-15+. The van der Waals surface area contributed by atoms with Crippen molar-refractivity contribution in [3.63, 3.8) is 0 Å². The first kappa shape index (κ1) is 17.9. The number of carbonyl (C=O) groups is 1. The Bertz CT molecular complexity index is 1020. The second-order valence-electron chi connectivity index (χ2n) is 6.74. The maximum atomic E-state index is 13.0. The zero-order valence-corrected chi connectivity index (χ0v) is 15.6. The number of phenolic OH excluding ortho intramolecular Hbond substituents is 1. The minimum Gasteiger partial charge on any atom is -0.508 e. The number of ether oxygens (including phenoxy) is 1. The Kier molecular flexibility index (Phi) is 4.85. The van der Waals surface area contributed by atoms with Gasteiger partial charge in [0.25, 0.3) is 5.91 Å². The smallest absolute Gasteiger partial charge is 0.259 e. The summed E-state index contributed by atoms with van der Waals surface area (Å²) in [6.07, 6.45) is 2.82. The van der Waals surface area contributed by atoms with Gasteiger partial charge in [-0.25, -0.2) is 0 Å². The van der Waals surface area contributed by atoms with Crippen LogP contribution in [0.3, 0.4) is 0 Å². The summed E-state index contributed by atoms with van der Waals surface area (Å²) in [6.45, 7) is 0.461. The highest BCUT2D eigenvalue weighted by Crippen LogP contribution is 2.34. The number of phenols is 1. The fourth-order valence-electron chi connectivity index (χ4n) is 3.43. The van der Waals surface area contributed by atoms with E-state index in [-0.39, 0.29) is 11.7 Å². The van der Waals surface area contributed by atoms with Crippen LogP contribution in [0.4, 0.5) is 0 Å². The van der Waals surface area contributed by atoms with Crippen LogP contribution in [0.25, 0.3) is 5.70 Å². The summed E-state index contributed by atoms with van der Waals surface area (Å²) in [5.41, 5.74) is 4.72. The number of nitrogens with zero attached hydrogens (tertiary/aromatic N) is 1. The third-order valence-corrected chi connectivity index (χ3v) is 4.94. The van der Waals surface area contributed by atoms with E-state index in [4.69, 9.17) is 4.74 Å². The van der Waals surface area contributed by atoms with Crippen molar-refractivity contribution in [3.8, 4) is 11.5 Å². The molecule has 0 spiro atoms. The molecule has 0 aliphatic carbocycles. The van der Waals surface area contributed by atoms with Gasteiger partial charge in [-0.2, -0.15) is 0 Å². The molecule has 0 fully saturated rings. The zero-order valence-electron chi connectivity index (χ0n) is 15.6. The van der Waals surface area contributed by atoms with Crippen LogP contribution in [-0.4, -0.2) is 23.0 Å². The van der Waals surface area contributed by atoms with E-state index < -0.39 is 0 Å². The summed E-state index contributed by atoms with van der Waals surface area (Å²) < 4.78 is 5.21. The van der Waals surface area contributed by atoms with Gasteiger partial charge in [-0.3, -0.25) is 4.79 Å². The highest BCUT2D eigenvalue weighted by Gasteiger charge is 2.31. The lowest BCUT2D eigenvalue weighted by Gasteiger charge is -2.19. The Balaban J connectivity index is 1.65. The molecule has 1 N–H and O–H groups in total. The van der Waals surface area contributed by atoms with Crippen molar-refractivity contribution >= 4 is 11.6 Å². The number of carbonyl (C=O) groups excluding carboxylic acids is 1. The number of hydrogen-bond donors (Lipinski definition) is 1. The number of benzene rings is 3. The first-order chi connectivity index (χ1) is 13.7. The Labute approximate surface area is 164 Å². The molecule has 1 aliphatic rings. The molecule has 140 valence electrons. The van der Waals surface area contributed by atoms with Crippen LogP contribution in [-0.2, 0) is 13.0 Å². The average molecular weight is 371 g/mol. The summed E-state index contributed by atoms with van der Waals surface area (Å²) in [7, 11) is 1.65. The molecule has 0 saturated carbocycles. The van der Waals surface area contributed by atoms with E-state index in [1.807, 2.05) is 60.7 Å². The van der Waals surface area contributed by atoms with E-state index >= 15 is 0 Å². The molecule has 3 aromatic carbocycles. The van der Waals surface area contributed by atoms with Crippen LogP contribution in [0.5, 0.6) is 11.5 Å². The predicted octanol–water partition coefficient (Wildman–Crippen LogP) is 4.64. The molecule has 0 saturated heterocycles. The molecule has 4 heteroatoms. The molecule has 1 aliphatic heterocycles. The lowest BCUT2D eigenvalue weighted by molar-refractivity contribution is 0.0843. The van der Waals surface area contributed by atoms with Gasteiger partial charge in [0.15, 0.2) is 0 Å². The van der Waals surface area contributed by atoms with Crippen molar-refractivity contribution in [2.45, 2.75) is 13.0 Å². The van der Waals surface area contributed by atoms with Gasteiger partial charge in [-0.1, -0.05) is 48.5 Å². The fraction of sp³-hybridized carbons (Fsp3) is 0.125. The van der Waals surface area contributed by atoms with Crippen LogP contribution in [0.2, 0.25) is 0 Å². The van der Waals surface area contributed by atoms with Crippen LogP contribution in [0.15, 0.2) is 78.9 Å². The van der Waals surface area contributed by atoms with Crippen LogP contribution in [0.1, 0.15) is 27.0 Å². The van der Waals surface area contributed by atoms with Gasteiger partial charge in [0.2, 0.25) is 0 Å². The molecule has 0 bridgehead atoms. The lowest BCUT2D eigenvalue weighted by Crippen LogP contribution is -2.22. The highest BCUT2D eigenvalue weighted by molar-refractivity contribution is 6.09. The van der Waals surface area contributed by atoms with Crippen molar-refractivity contribution in [1.29, 1.82) is 0 Å². The topological polar surface area (TPSA) is 49.8 Å². The van der Waals surface area contributed by atoms with Crippen LogP contribution in [0, 0.1) is 0 Å². The Morgan fingerprint density at radius 3 is 2.21 bits per heavy atom. The van der Waals surface area contributed by atoms with E-state index in [0.29, 0.717) is 13.0 Å². The van der Waals surface area contributed by atoms with Crippen molar-refractivity contribution < 1.29 is 14.6 Å². The fourth-order valence-corrected chi connectivity index (χ4v) is 3.43. The second-order valence-corrected chi connectivity index (χ2v) is 6.74. The molecule has 0 radical (unpaired) electrons. The van der Waals surface area contributed by atoms with Gasteiger partial charge in [0.05, 0.1) is 13.7 Å². The third-order valence-electron chi connectivity index (χ3n) is 4.94. The predicted molar refractivity (Wildman–Crippen MR) is 109 cm³/mol. The van der Waals surface area contributed by atoms with Gasteiger partial charge in [-0.15, -0.1) is 0 Å². The number of rotatable bonds is 5. The van der Waals surface area contributed by atoms with Gasteiger partial charge in [0.1, 0.15) is 11.5 Å². The maximum absolute atomic E-state index is 13.0. The summed E-state index contributed by atoms with van der Waals surface area (Å²) in [5.74, 6) is 1.05. The first-order valence-corrected chi connectivity index (χ1v) is 9.18. The summed E-state index contributed by atoms with van der Waals surface area (Å²) in [6, 6.07) is 22.6. The average Bonchev–Trinajstić information content (AvgIpc) is 3.00. The molecule has 1 amide bonds. The molecule has 4 rings (SSSR count). The molecule has 0 atom stereocenters. The van der Waals surface area contributed by atoms with Gasteiger partial charge in [-0.05, 0) is 47.9 Å². The highest BCUT2D eigenvalue weighted by atomic mass is 16.5. The largest absolute Gasteiger partial charge is 0.508 e. The first-order valence-electron chi connectivity index (χ1n) is 9.18. The second kappa shape index (κ2) is 7.61. The molecule has 28 heavy (non-hydrogen) atoms. The monoisotopic (exact) mass is 371 g/mol. The van der Waals surface area contributed by atoms with Crippen LogP contribution >= 0.6 is 0 Å². The van der Waals surface area contributed by atoms with E-state index in [9.17, 15) is 9.90 Å². The van der Waals surface area contributed by atoms with E-state index in [2.05, 4.69) is 6.08 Å². The van der Waals surface area contributed by atoms with Crippen LogP contribution < -0.4 is 4.74 Å². The summed E-state index contributed by atoms with van der Waals surface area (Å²) in [5, 5.41) is 9.51. The van der Waals surface area contributed by atoms with Crippen molar-refractivity contribution in [3.05, 3.63) is 101 Å². The quantitative estimate of drug-likeness (QED) is 0.711. The lowest BCUT2D eigenvalue weighted by atomic mass is 10.1. The maximum Gasteiger partial charge on any atom is 0.259 e. The minimum atomic E-state index is 0.00431. The van der Waals surface area contributed by atoms with E-state index in [0.717, 1.165) is 33.7 Å². The minimum absolute atomic E-state index is 0.00431. The molecule has 1 heterocycles. The third kappa shape index (κ3) is 3.49. The molecule has 0 aromatic heterocycles. The number of fused-ring (bicyclic) bond motifs is 1. The van der Waals surface area contributed by atoms with E-state index in [1.165, 1.54) is 0 Å². The molecule has 3 aromatic rings. The SMILES string of the molecule is COc1ccc(C/C=C2\c3ccccc3C(=O)N2Cc2ccc(O)cc2)cc1. The number of hydrogen-bond acceptors (Lipinski definition) is 3. The Morgan fingerprint density at radius 1 is 0.893 bits per heavy atom. The molecular formula is C24H21NO3. The molecule has 0 unspecified atom stereocenters. The summed E-state index contributed by atoms with van der Waals surface area (Å²) >= 11 is 0. The zero-order chi connectivity index (χ0) is 19.5. The van der Waals surface area contributed by atoms with Crippen molar-refractivity contribution in [2.24, 2.45) is 0 Å². The number of allylic oxidation sites excluding steroid dienone is 1. The number of aromatic hydroxyl groups is 1. The Hall–Kier alpha value is -3.53. The number of methoxy groups -OCH3 is 1. The van der Waals surface area contributed by atoms with Crippen molar-refractivity contribution in [1.82, 2.24) is 4.90 Å². The Morgan fingerprint density at radius 2 is 1.54 bits per heavy atom. The number of amides is 1. The van der Waals surface area contributed by atoms with Gasteiger partial charge in [0, 0.05) is 16.8 Å². The molecule has 4 nitrogen and oxygen atoms in total. The summed E-state index contributed by atoms with van der Waals surface area (Å²) in [4.78, 5) is 14.8. The normalized spacial score (nSPS) is 14.4. The van der Waals surface area contributed by atoms with Crippen molar-refractivity contribution in [2.75, 3.05) is 7.11 Å².